The van der Waals surface area contributed by atoms with Crippen molar-refractivity contribution in [1.29, 1.82) is 0 Å². The Hall–Kier alpha value is -3.07. The summed E-state index contributed by atoms with van der Waals surface area (Å²) in [6.45, 7) is 1.17. The molecule has 3 fully saturated rings. The van der Waals surface area contributed by atoms with Crippen molar-refractivity contribution < 1.29 is 9.90 Å². The maximum absolute atomic E-state index is 13.1. The van der Waals surface area contributed by atoms with Crippen molar-refractivity contribution in [2.24, 2.45) is 17.8 Å². The van der Waals surface area contributed by atoms with E-state index >= 15 is 0 Å². The molecule has 9 heteroatoms. The number of carbonyl (C=O) groups excluding carboxylic acids is 1. The van der Waals surface area contributed by atoms with Crippen LogP contribution in [0.5, 0.6) is 0 Å². The molecule has 0 atom stereocenters. The molecular formula is C25H30N6O3. The molecule has 3 aliphatic rings. The molecule has 1 aromatic carbocycles. The quantitative estimate of drug-likeness (QED) is 0.577. The summed E-state index contributed by atoms with van der Waals surface area (Å²) in [7, 11) is 0. The molecule has 6 rings (SSSR count). The summed E-state index contributed by atoms with van der Waals surface area (Å²) in [6.07, 6.45) is 8.11. The highest BCUT2D eigenvalue weighted by Gasteiger charge is 2.43. The minimum atomic E-state index is -1.06. The lowest BCUT2D eigenvalue weighted by atomic mass is 9.89. The average Bonchev–Trinajstić information content (AvgIpc) is 3.78. The highest BCUT2D eigenvalue weighted by molar-refractivity contribution is 5.76. The van der Waals surface area contributed by atoms with E-state index in [1.807, 2.05) is 35.2 Å². The Balaban J connectivity index is 1.13. The first kappa shape index (κ1) is 21.5. The van der Waals surface area contributed by atoms with Gasteiger partial charge in [0.25, 0.3) is 5.56 Å². The van der Waals surface area contributed by atoms with Crippen molar-refractivity contribution in [1.82, 2.24) is 29.4 Å². The zero-order chi connectivity index (χ0) is 23.3. The Bertz CT molecular complexity index is 1240. The predicted molar refractivity (Wildman–Crippen MR) is 125 cm³/mol. The number of hydrogen-bond donors (Lipinski definition) is 1. The molecule has 0 spiro atoms. The van der Waals surface area contributed by atoms with E-state index in [0.29, 0.717) is 43.9 Å². The number of fused-ring (bicyclic) bond motifs is 1. The second kappa shape index (κ2) is 8.30. The molecule has 3 aromatic rings. The van der Waals surface area contributed by atoms with E-state index in [1.165, 1.54) is 41.3 Å². The molecule has 9 nitrogen and oxygen atoms in total. The van der Waals surface area contributed by atoms with Crippen molar-refractivity contribution in [3.63, 3.8) is 0 Å². The third-order valence-corrected chi connectivity index (χ3v) is 7.81. The van der Waals surface area contributed by atoms with Crippen LogP contribution in [0.4, 0.5) is 0 Å². The van der Waals surface area contributed by atoms with Gasteiger partial charge in [0, 0.05) is 19.5 Å². The number of rotatable bonds is 7. The van der Waals surface area contributed by atoms with Gasteiger partial charge in [-0.3, -0.25) is 14.2 Å². The van der Waals surface area contributed by atoms with Crippen molar-refractivity contribution >= 4 is 17.1 Å². The number of benzene rings is 1. The minimum absolute atomic E-state index is 0.127. The highest BCUT2D eigenvalue weighted by Crippen LogP contribution is 2.50. The second-order valence-corrected chi connectivity index (χ2v) is 10.3. The lowest BCUT2D eigenvalue weighted by Gasteiger charge is -2.38. The summed E-state index contributed by atoms with van der Waals surface area (Å²) in [6, 6.07) is 9.41. The van der Waals surface area contributed by atoms with Gasteiger partial charge in [0.05, 0.1) is 17.8 Å². The van der Waals surface area contributed by atoms with E-state index in [9.17, 15) is 14.7 Å². The standard InChI is InChI=1S/C25H30N6O3/c32-21(14-20(17-6-7-17)18-8-9-18)29-12-10-25(34,11-13-29)15-30-16-26-23-22(24(30)33)27-28-31(23)19-4-2-1-3-5-19/h1-5,16-18,20,34H,6-15H2. The van der Waals surface area contributed by atoms with E-state index in [1.54, 1.807) is 0 Å². The van der Waals surface area contributed by atoms with Gasteiger partial charge in [-0.05, 0) is 68.4 Å². The fourth-order valence-corrected chi connectivity index (χ4v) is 5.44. The van der Waals surface area contributed by atoms with Crippen LogP contribution >= 0.6 is 0 Å². The van der Waals surface area contributed by atoms with Crippen molar-refractivity contribution in [2.75, 3.05) is 13.1 Å². The van der Waals surface area contributed by atoms with Crippen LogP contribution in [-0.4, -0.2) is 59.1 Å². The Morgan fingerprint density at radius 2 is 1.76 bits per heavy atom. The fourth-order valence-electron chi connectivity index (χ4n) is 5.44. The van der Waals surface area contributed by atoms with E-state index < -0.39 is 5.60 Å². The topological polar surface area (TPSA) is 106 Å². The third-order valence-electron chi connectivity index (χ3n) is 7.81. The molecule has 1 amide bonds. The fraction of sp³-hybridized carbons (Fsp3) is 0.560. The van der Waals surface area contributed by atoms with Crippen molar-refractivity contribution in [3.05, 3.63) is 47.0 Å². The van der Waals surface area contributed by atoms with Gasteiger partial charge in [-0.15, -0.1) is 5.10 Å². The van der Waals surface area contributed by atoms with Gasteiger partial charge in [-0.1, -0.05) is 23.4 Å². The summed E-state index contributed by atoms with van der Waals surface area (Å²) in [5.41, 5.74) is -0.0427. The molecule has 0 bridgehead atoms. The maximum Gasteiger partial charge on any atom is 0.283 e. The molecule has 1 saturated heterocycles. The molecule has 34 heavy (non-hydrogen) atoms. The highest BCUT2D eigenvalue weighted by atomic mass is 16.3. The van der Waals surface area contributed by atoms with Gasteiger partial charge in [-0.2, -0.15) is 4.68 Å². The summed E-state index contributed by atoms with van der Waals surface area (Å²) in [4.78, 5) is 32.3. The van der Waals surface area contributed by atoms with E-state index in [2.05, 4.69) is 15.3 Å². The van der Waals surface area contributed by atoms with Crippen LogP contribution in [0.2, 0.25) is 0 Å². The van der Waals surface area contributed by atoms with Crippen LogP contribution in [0.25, 0.3) is 16.9 Å². The van der Waals surface area contributed by atoms with E-state index in [-0.39, 0.29) is 23.5 Å². The van der Waals surface area contributed by atoms with Gasteiger partial charge in [0.15, 0.2) is 11.2 Å². The van der Waals surface area contributed by atoms with Crippen LogP contribution in [0.15, 0.2) is 41.5 Å². The summed E-state index contributed by atoms with van der Waals surface area (Å²) in [5.74, 6) is 2.30. The zero-order valence-corrected chi connectivity index (χ0v) is 19.2. The summed E-state index contributed by atoms with van der Waals surface area (Å²) >= 11 is 0. The second-order valence-electron chi connectivity index (χ2n) is 10.3. The predicted octanol–water partition coefficient (Wildman–Crippen LogP) is 2.16. The van der Waals surface area contributed by atoms with Gasteiger partial charge in [-0.25, -0.2) is 4.98 Å². The van der Waals surface area contributed by atoms with Crippen LogP contribution in [0.1, 0.15) is 44.9 Å². The molecular weight excluding hydrogens is 432 g/mol. The maximum atomic E-state index is 13.1. The molecule has 2 saturated carbocycles. The van der Waals surface area contributed by atoms with Crippen molar-refractivity contribution in [2.45, 2.75) is 57.1 Å². The lowest BCUT2D eigenvalue weighted by molar-refractivity contribution is -0.137. The Morgan fingerprint density at radius 3 is 2.41 bits per heavy atom. The molecule has 2 aromatic heterocycles. The van der Waals surface area contributed by atoms with E-state index in [4.69, 9.17) is 0 Å². The van der Waals surface area contributed by atoms with Crippen molar-refractivity contribution in [3.8, 4) is 5.69 Å². The van der Waals surface area contributed by atoms with Crippen LogP contribution in [0.3, 0.4) is 0 Å². The number of likely N-dealkylation sites (tertiary alicyclic amines) is 1. The number of aromatic nitrogens is 5. The SMILES string of the molecule is O=C(CC(C1CC1)C1CC1)N1CCC(O)(Cn2cnc3c(nnn3-c3ccccc3)c2=O)CC1. The number of carbonyl (C=O) groups is 1. The number of aliphatic hydroxyl groups is 1. The number of nitrogens with zero attached hydrogens (tertiary/aromatic N) is 6. The molecule has 0 unspecified atom stereocenters. The number of amides is 1. The molecule has 1 aliphatic heterocycles. The lowest BCUT2D eigenvalue weighted by Crippen LogP contribution is -2.50. The van der Waals surface area contributed by atoms with Gasteiger partial charge in [0.1, 0.15) is 6.33 Å². The summed E-state index contributed by atoms with van der Waals surface area (Å²) in [5, 5.41) is 19.4. The number of hydrogen-bond acceptors (Lipinski definition) is 6. The first-order chi connectivity index (χ1) is 16.5. The normalized spacial score (nSPS) is 20.2. The largest absolute Gasteiger partial charge is 0.388 e. The molecule has 1 N–H and O–H groups in total. The summed E-state index contributed by atoms with van der Waals surface area (Å²) < 4.78 is 2.95. The van der Waals surface area contributed by atoms with Gasteiger partial charge >= 0.3 is 0 Å². The average molecular weight is 463 g/mol. The molecule has 3 heterocycles. The third kappa shape index (κ3) is 4.13. The molecule has 0 radical (unpaired) electrons. The van der Waals surface area contributed by atoms with Crippen LogP contribution < -0.4 is 5.56 Å². The Labute approximate surface area is 197 Å². The van der Waals surface area contributed by atoms with Crippen LogP contribution in [0, 0.1) is 17.8 Å². The zero-order valence-electron chi connectivity index (χ0n) is 19.2. The molecule has 2 aliphatic carbocycles. The number of piperidine rings is 1. The smallest absolute Gasteiger partial charge is 0.283 e. The monoisotopic (exact) mass is 462 g/mol. The Kier molecular flexibility index (Phi) is 5.24. The van der Waals surface area contributed by atoms with E-state index in [0.717, 1.165) is 17.5 Å². The van der Waals surface area contributed by atoms with Gasteiger partial charge < -0.3 is 10.0 Å². The molecule has 178 valence electrons. The number of para-hydroxylation sites is 1. The first-order valence-corrected chi connectivity index (χ1v) is 12.4. The Morgan fingerprint density at radius 1 is 1.09 bits per heavy atom. The van der Waals surface area contributed by atoms with Gasteiger partial charge in [0.2, 0.25) is 5.91 Å². The first-order valence-electron chi connectivity index (χ1n) is 12.4. The van der Waals surface area contributed by atoms with Crippen LogP contribution in [-0.2, 0) is 11.3 Å². The minimum Gasteiger partial charge on any atom is -0.388 e.